The Morgan fingerprint density at radius 1 is 1.39 bits per heavy atom. The van der Waals surface area contributed by atoms with Crippen molar-refractivity contribution in [1.82, 2.24) is 10.6 Å². The number of hydrogen-bond donors (Lipinski definition) is 3. The molecule has 0 unspecified atom stereocenters. The van der Waals surface area contributed by atoms with Gasteiger partial charge in [0, 0.05) is 31.7 Å². The van der Waals surface area contributed by atoms with E-state index < -0.39 is 0 Å². The SMILES string of the molecule is O=C1CC[C@@H](CN[C@H](CCO)c2ccccc2)N1. The van der Waals surface area contributed by atoms with Crippen LogP contribution in [0, 0.1) is 0 Å². The van der Waals surface area contributed by atoms with Gasteiger partial charge in [-0.05, 0) is 18.4 Å². The van der Waals surface area contributed by atoms with E-state index in [4.69, 9.17) is 5.11 Å². The molecular weight excluding hydrogens is 228 g/mol. The number of aliphatic hydroxyl groups is 1. The van der Waals surface area contributed by atoms with Crippen molar-refractivity contribution in [3.63, 3.8) is 0 Å². The number of amides is 1. The van der Waals surface area contributed by atoms with E-state index in [-0.39, 0.29) is 24.6 Å². The highest BCUT2D eigenvalue weighted by molar-refractivity contribution is 5.78. The Bertz CT molecular complexity index is 381. The van der Waals surface area contributed by atoms with Gasteiger partial charge in [0.25, 0.3) is 0 Å². The van der Waals surface area contributed by atoms with Gasteiger partial charge in [-0.2, -0.15) is 0 Å². The monoisotopic (exact) mass is 248 g/mol. The molecule has 1 saturated heterocycles. The second kappa shape index (κ2) is 6.52. The summed E-state index contributed by atoms with van der Waals surface area (Å²) >= 11 is 0. The van der Waals surface area contributed by atoms with Crippen LogP contribution in [0.15, 0.2) is 30.3 Å². The molecule has 4 nitrogen and oxygen atoms in total. The van der Waals surface area contributed by atoms with Crippen molar-refractivity contribution in [3.8, 4) is 0 Å². The standard InChI is InChI=1S/C14H20N2O2/c17-9-8-13(11-4-2-1-3-5-11)15-10-12-6-7-14(18)16-12/h1-5,12-13,15,17H,6-10H2,(H,16,18)/t12-,13+/m0/s1. The van der Waals surface area contributed by atoms with Gasteiger partial charge in [0.1, 0.15) is 0 Å². The fourth-order valence-corrected chi connectivity index (χ4v) is 2.32. The molecule has 98 valence electrons. The summed E-state index contributed by atoms with van der Waals surface area (Å²) in [6.45, 7) is 0.912. The van der Waals surface area contributed by atoms with E-state index in [2.05, 4.69) is 22.8 Å². The molecule has 4 heteroatoms. The second-order valence-electron chi connectivity index (χ2n) is 4.69. The van der Waals surface area contributed by atoms with Crippen molar-refractivity contribution >= 4 is 5.91 Å². The van der Waals surface area contributed by atoms with Crippen LogP contribution >= 0.6 is 0 Å². The van der Waals surface area contributed by atoms with Gasteiger partial charge < -0.3 is 15.7 Å². The van der Waals surface area contributed by atoms with Crippen LogP contribution in [0.5, 0.6) is 0 Å². The molecule has 1 fully saturated rings. The summed E-state index contributed by atoms with van der Waals surface area (Å²) in [5.74, 6) is 0.139. The molecule has 0 spiro atoms. The molecule has 1 amide bonds. The predicted molar refractivity (Wildman–Crippen MR) is 70.1 cm³/mol. The molecule has 1 aliphatic heterocycles. The van der Waals surface area contributed by atoms with Gasteiger partial charge in [0.2, 0.25) is 5.91 Å². The number of nitrogens with one attached hydrogen (secondary N) is 2. The number of rotatable bonds is 6. The number of aliphatic hydroxyl groups excluding tert-OH is 1. The molecule has 2 atom stereocenters. The maximum absolute atomic E-state index is 11.1. The first-order valence-corrected chi connectivity index (χ1v) is 6.48. The molecule has 18 heavy (non-hydrogen) atoms. The van der Waals surface area contributed by atoms with Crippen molar-refractivity contribution in [1.29, 1.82) is 0 Å². The molecule has 1 heterocycles. The Labute approximate surface area is 107 Å². The third kappa shape index (κ3) is 3.55. The number of benzene rings is 1. The molecule has 1 aliphatic rings. The van der Waals surface area contributed by atoms with Crippen molar-refractivity contribution in [3.05, 3.63) is 35.9 Å². The van der Waals surface area contributed by atoms with Crippen LogP contribution in [0.3, 0.4) is 0 Å². The van der Waals surface area contributed by atoms with Gasteiger partial charge in [-0.3, -0.25) is 4.79 Å². The molecule has 1 aromatic rings. The van der Waals surface area contributed by atoms with Crippen molar-refractivity contribution in [2.75, 3.05) is 13.2 Å². The lowest BCUT2D eigenvalue weighted by Crippen LogP contribution is -2.37. The molecule has 1 aromatic carbocycles. The molecule has 0 aliphatic carbocycles. The van der Waals surface area contributed by atoms with Crippen LogP contribution in [-0.4, -0.2) is 30.2 Å². The lowest BCUT2D eigenvalue weighted by Gasteiger charge is -2.20. The molecule has 0 aromatic heterocycles. The molecule has 0 bridgehead atoms. The zero-order valence-electron chi connectivity index (χ0n) is 10.4. The maximum Gasteiger partial charge on any atom is 0.220 e. The Morgan fingerprint density at radius 3 is 2.78 bits per heavy atom. The van der Waals surface area contributed by atoms with Crippen LogP contribution in [0.4, 0.5) is 0 Å². The summed E-state index contributed by atoms with van der Waals surface area (Å²) in [5.41, 5.74) is 1.18. The van der Waals surface area contributed by atoms with E-state index in [9.17, 15) is 4.79 Å². The molecule has 0 radical (unpaired) electrons. The summed E-state index contributed by atoms with van der Waals surface area (Å²) < 4.78 is 0. The minimum Gasteiger partial charge on any atom is -0.396 e. The molecule has 2 rings (SSSR count). The summed E-state index contributed by atoms with van der Waals surface area (Å²) in [4.78, 5) is 11.1. The van der Waals surface area contributed by atoms with E-state index in [1.165, 1.54) is 5.56 Å². The zero-order chi connectivity index (χ0) is 12.8. The summed E-state index contributed by atoms with van der Waals surface area (Å²) in [6.07, 6.45) is 2.21. The van der Waals surface area contributed by atoms with Crippen LogP contribution in [0.2, 0.25) is 0 Å². The first-order valence-electron chi connectivity index (χ1n) is 6.48. The van der Waals surface area contributed by atoms with E-state index >= 15 is 0 Å². The highest BCUT2D eigenvalue weighted by Gasteiger charge is 2.21. The van der Waals surface area contributed by atoms with Gasteiger partial charge in [-0.1, -0.05) is 30.3 Å². The first-order chi connectivity index (χ1) is 8.79. The van der Waals surface area contributed by atoms with Crippen molar-refractivity contribution in [2.24, 2.45) is 0 Å². The zero-order valence-corrected chi connectivity index (χ0v) is 10.4. The maximum atomic E-state index is 11.1. The fourth-order valence-electron chi connectivity index (χ4n) is 2.32. The largest absolute Gasteiger partial charge is 0.396 e. The Morgan fingerprint density at radius 2 is 2.17 bits per heavy atom. The minimum absolute atomic E-state index is 0.139. The highest BCUT2D eigenvalue weighted by atomic mass is 16.3. The third-order valence-electron chi connectivity index (χ3n) is 3.32. The first kappa shape index (κ1) is 13.1. The van der Waals surface area contributed by atoms with E-state index in [1.807, 2.05) is 18.2 Å². The van der Waals surface area contributed by atoms with Crippen LogP contribution in [-0.2, 0) is 4.79 Å². The average Bonchev–Trinajstić information content (AvgIpc) is 2.81. The van der Waals surface area contributed by atoms with Gasteiger partial charge >= 0.3 is 0 Å². The predicted octanol–water partition coefficient (Wildman–Crippen LogP) is 0.978. The minimum atomic E-state index is 0.139. The quantitative estimate of drug-likeness (QED) is 0.703. The number of carbonyl (C=O) groups excluding carboxylic acids is 1. The van der Waals surface area contributed by atoms with E-state index in [1.54, 1.807) is 0 Å². The molecular formula is C14H20N2O2. The second-order valence-corrected chi connectivity index (χ2v) is 4.69. The highest BCUT2D eigenvalue weighted by Crippen LogP contribution is 2.16. The lowest BCUT2D eigenvalue weighted by atomic mass is 10.0. The van der Waals surface area contributed by atoms with Gasteiger partial charge in [-0.15, -0.1) is 0 Å². The number of hydrogen-bond acceptors (Lipinski definition) is 3. The van der Waals surface area contributed by atoms with Crippen molar-refractivity contribution < 1.29 is 9.90 Å². The summed E-state index contributed by atoms with van der Waals surface area (Å²) in [7, 11) is 0. The third-order valence-corrected chi connectivity index (χ3v) is 3.32. The van der Waals surface area contributed by atoms with Gasteiger partial charge in [-0.25, -0.2) is 0 Å². The normalized spacial score (nSPS) is 20.7. The summed E-state index contributed by atoms with van der Waals surface area (Å²) in [5, 5.41) is 15.5. The van der Waals surface area contributed by atoms with Crippen LogP contribution in [0.1, 0.15) is 30.9 Å². The Balaban J connectivity index is 1.88. The summed E-state index contributed by atoms with van der Waals surface area (Å²) in [6, 6.07) is 10.5. The molecule has 0 saturated carbocycles. The lowest BCUT2D eigenvalue weighted by molar-refractivity contribution is -0.119. The van der Waals surface area contributed by atoms with E-state index in [0.29, 0.717) is 12.8 Å². The van der Waals surface area contributed by atoms with Gasteiger partial charge in [0.15, 0.2) is 0 Å². The Hall–Kier alpha value is -1.39. The smallest absolute Gasteiger partial charge is 0.220 e. The average molecular weight is 248 g/mol. The topological polar surface area (TPSA) is 61.4 Å². The van der Waals surface area contributed by atoms with Crippen LogP contribution < -0.4 is 10.6 Å². The van der Waals surface area contributed by atoms with Crippen LogP contribution in [0.25, 0.3) is 0 Å². The fraction of sp³-hybridized carbons (Fsp3) is 0.500. The number of carbonyl (C=O) groups is 1. The van der Waals surface area contributed by atoms with Crippen molar-refractivity contribution in [2.45, 2.75) is 31.3 Å². The van der Waals surface area contributed by atoms with Gasteiger partial charge in [0.05, 0.1) is 0 Å². The Kier molecular flexibility index (Phi) is 4.73. The molecule has 3 N–H and O–H groups in total. The van der Waals surface area contributed by atoms with E-state index in [0.717, 1.165) is 13.0 Å².